The molecule has 0 unspecified atom stereocenters. The fraction of sp³-hybridized carbons (Fsp3) is 0.346. The van der Waals surface area contributed by atoms with Gasteiger partial charge in [-0.25, -0.2) is 4.79 Å². The Kier molecular flexibility index (Phi) is 5.13. The van der Waals surface area contributed by atoms with E-state index < -0.39 is 40.5 Å². The standard InChI is InChI=1S/C26H22F3N3O7/c1-36-14-6-10-5-12(30-18(10)21(38-3)20(14)37-2)23(34)32-9-11-8-25(11)15(32)7-13(33)19-17(25)16(24(35)39-4)22(31-19)26(27,28)29/h5-7,11,30-31H,8-9H2,1-4H3/t11-,25-/m1/s1. The molecule has 1 spiro atoms. The van der Waals surface area contributed by atoms with Crippen molar-refractivity contribution in [2.45, 2.75) is 18.0 Å². The number of carbonyl (C=O) groups excluding carboxylic acids is 3. The highest BCUT2D eigenvalue weighted by Gasteiger charge is 2.69. The summed E-state index contributed by atoms with van der Waals surface area (Å²) in [6, 6.07) is 3.26. The number of hydrogen-bond donors (Lipinski definition) is 2. The molecule has 2 atom stereocenters. The van der Waals surface area contributed by atoms with Gasteiger partial charge in [0.05, 0.1) is 45.2 Å². The summed E-state index contributed by atoms with van der Waals surface area (Å²) in [6.07, 6.45) is -3.36. The number of esters is 1. The number of piperidine rings is 1. The molecule has 2 N–H and O–H groups in total. The van der Waals surface area contributed by atoms with Crippen molar-refractivity contribution in [1.29, 1.82) is 0 Å². The van der Waals surface area contributed by atoms with Gasteiger partial charge in [0, 0.05) is 34.7 Å². The molecule has 13 heteroatoms. The Labute approximate surface area is 218 Å². The fourth-order valence-corrected chi connectivity index (χ4v) is 6.11. The van der Waals surface area contributed by atoms with Crippen LogP contribution in [-0.4, -0.2) is 67.5 Å². The number of ether oxygens (including phenoxy) is 4. The van der Waals surface area contributed by atoms with Crippen LogP contribution < -0.4 is 14.2 Å². The number of amides is 1. The van der Waals surface area contributed by atoms with E-state index in [1.54, 1.807) is 12.1 Å². The summed E-state index contributed by atoms with van der Waals surface area (Å²) in [5.41, 5.74) is -2.61. The third kappa shape index (κ3) is 3.18. The minimum Gasteiger partial charge on any atom is -0.493 e. The lowest BCUT2D eigenvalue weighted by Crippen LogP contribution is -2.34. The van der Waals surface area contributed by atoms with Crippen LogP contribution in [0.25, 0.3) is 10.9 Å². The largest absolute Gasteiger partial charge is 0.493 e. The van der Waals surface area contributed by atoms with E-state index in [1.807, 2.05) is 0 Å². The van der Waals surface area contributed by atoms with Crippen molar-refractivity contribution >= 4 is 28.6 Å². The summed E-state index contributed by atoms with van der Waals surface area (Å²) >= 11 is 0. The molecule has 204 valence electrons. The van der Waals surface area contributed by atoms with Crippen molar-refractivity contribution in [3.8, 4) is 17.2 Å². The van der Waals surface area contributed by atoms with E-state index in [1.165, 1.54) is 32.3 Å². The molecule has 1 aromatic carbocycles. The van der Waals surface area contributed by atoms with Gasteiger partial charge in [0.1, 0.15) is 11.4 Å². The molecular weight excluding hydrogens is 523 g/mol. The van der Waals surface area contributed by atoms with Crippen LogP contribution in [0, 0.1) is 5.92 Å². The number of methoxy groups -OCH3 is 4. The molecule has 6 rings (SSSR count). The maximum absolute atomic E-state index is 13.9. The van der Waals surface area contributed by atoms with Gasteiger partial charge in [-0.15, -0.1) is 0 Å². The number of H-pyrrole nitrogens is 2. The average molecular weight is 545 g/mol. The van der Waals surface area contributed by atoms with Gasteiger partial charge in [-0.3, -0.25) is 9.59 Å². The van der Waals surface area contributed by atoms with Crippen LogP contribution in [0.5, 0.6) is 17.2 Å². The quantitative estimate of drug-likeness (QED) is 0.468. The Morgan fingerprint density at radius 1 is 1.05 bits per heavy atom. The van der Waals surface area contributed by atoms with Gasteiger partial charge < -0.3 is 33.8 Å². The van der Waals surface area contributed by atoms with E-state index in [4.69, 9.17) is 14.2 Å². The monoisotopic (exact) mass is 545 g/mol. The van der Waals surface area contributed by atoms with E-state index in [0.29, 0.717) is 34.6 Å². The normalized spacial score (nSPS) is 21.2. The number of likely N-dealkylation sites (tertiary alicyclic amines) is 1. The van der Waals surface area contributed by atoms with E-state index in [2.05, 4.69) is 14.7 Å². The molecule has 1 amide bonds. The Balaban J connectivity index is 1.45. The number of aromatic nitrogens is 2. The van der Waals surface area contributed by atoms with Crippen molar-refractivity contribution < 1.29 is 46.5 Å². The summed E-state index contributed by atoms with van der Waals surface area (Å²) in [5, 5.41) is 0.594. The first-order valence-electron chi connectivity index (χ1n) is 11.8. The lowest BCUT2D eigenvalue weighted by atomic mass is 9.82. The summed E-state index contributed by atoms with van der Waals surface area (Å²) in [6.45, 7) is 0.156. The number of fused-ring (bicyclic) bond motifs is 2. The molecule has 2 aromatic heterocycles. The van der Waals surface area contributed by atoms with Crippen molar-refractivity contribution in [3.63, 3.8) is 0 Å². The van der Waals surface area contributed by atoms with Crippen LogP contribution >= 0.6 is 0 Å². The second-order valence-electron chi connectivity index (χ2n) is 9.59. The highest BCUT2D eigenvalue weighted by atomic mass is 19.4. The number of benzene rings is 1. The van der Waals surface area contributed by atoms with Crippen LogP contribution in [0.1, 0.15) is 49.0 Å². The number of allylic oxidation sites excluding steroid dienone is 2. The molecule has 1 aliphatic heterocycles. The van der Waals surface area contributed by atoms with Crippen LogP contribution in [-0.2, 0) is 16.3 Å². The SMILES string of the molecule is COC(=O)c1c(C(F)(F)F)[nH]c2c1[C@]13C[C@@H]1CN(C(=O)c1cc4cc(OC)c(OC)c(OC)c4[nH]1)C3=CC2=O. The summed E-state index contributed by atoms with van der Waals surface area (Å²) in [7, 11) is 5.33. The zero-order chi connectivity index (χ0) is 28.0. The van der Waals surface area contributed by atoms with E-state index in [9.17, 15) is 27.6 Å². The molecule has 0 radical (unpaired) electrons. The Bertz CT molecular complexity index is 1630. The van der Waals surface area contributed by atoms with Crippen molar-refractivity contribution in [2.24, 2.45) is 5.92 Å². The Hall–Kier alpha value is -4.42. The van der Waals surface area contributed by atoms with Crippen molar-refractivity contribution in [3.05, 3.63) is 52.1 Å². The fourth-order valence-electron chi connectivity index (χ4n) is 6.11. The third-order valence-electron chi connectivity index (χ3n) is 7.78. The van der Waals surface area contributed by atoms with Crippen molar-refractivity contribution in [1.82, 2.24) is 14.9 Å². The molecule has 2 aliphatic carbocycles. The number of hydrogen-bond acceptors (Lipinski definition) is 7. The minimum absolute atomic E-state index is 0.0581. The van der Waals surface area contributed by atoms with E-state index >= 15 is 0 Å². The molecule has 3 aliphatic rings. The first-order valence-corrected chi connectivity index (χ1v) is 11.8. The summed E-state index contributed by atoms with van der Waals surface area (Å²) in [4.78, 5) is 45.9. The predicted molar refractivity (Wildman–Crippen MR) is 128 cm³/mol. The van der Waals surface area contributed by atoms with Crippen LogP contribution in [0.4, 0.5) is 13.2 Å². The number of rotatable bonds is 5. The first kappa shape index (κ1) is 24.9. The van der Waals surface area contributed by atoms with E-state index in [0.717, 1.165) is 7.11 Å². The summed E-state index contributed by atoms with van der Waals surface area (Å²) in [5.74, 6) is -1.71. The predicted octanol–water partition coefficient (Wildman–Crippen LogP) is 3.82. The lowest BCUT2D eigenvalue weighted by Gasteiger charge is -2.28. The molecule has 3 heterocycles. The van der Waals surface area contributed by atoms with Crippen LogP contribution in [0.3, 0.4) is 0 Å². The number of carbonyl (C=O) groups is 3. The average Bonchev–Trinajstić information content (AvgIpc) is 3.22. The second-order valence-corrected chi connectivity index (χ2v) is 9.59. The lowest BCUT2D eigenvalue weighted by molar-refractivity contribution is -0.141. The highest BCUT2D eigenvalue weighted by molar-refractivity contribution is 6.12. The van der Waals surface area contributed by atoms with Crippen LogP contribution in [0.15, 0.2) is 23.9 Å². The zero-order valence-corrected chi connectivity index (χ0v) is 21.2. The molecule has 2 fully saturated rings. The second kappa shape index (κ2) is 8.04. The highest BCUT2D eigenvalue weighted by Crippen LogP contribution is 2.68. The van der Waals surface area contributed by atoms with Gasteiger partial charge in [0.15, 0.2) is 11.5 Å². The first-order chi connectivity index (χ1) is 18.5. The van der Waals surface area contributed by atoms with E-state index in [-0.39, 0.29) is 35.1 Å². The van der Waals surface area contributed by atoms with Gasteiger partial charge in [0.25, 0.3) is 5.91 Å². The Morgan fingerprint density at radius 2 is 1.77 bits per heavy atom. The number of halogens is 3. The van der Waals surface area contributed by atoms with Gasteiger partial charge in [-0.05, 0) is 24.5 Å². The molecular formula is C26H22F3N3O7. The zero-order valence-electron chi connectivity index (χ0n) is 21.2. The maximum atomic E-state index is 13.9. The third-order valence-corrected chi connectivity index (χ3v) is 7.78. The molecule has 3 aromatic rings. The maximum Gasteiger partial charge on any atom is 0.432 e. The smallest absolute Gasteiger partial charge is 0.432 e. The van der Waals surface area contributed by atoms with Gasteiger partial charge >= 0.3 is 12.1 Å². The Morgan fingerprint density at radius 3 is 2.38 bits per heavy atom. The topological polar surface area (TPSA) is 123 Å². The van der Waals surface area contributed by atoms with Gasteiger partial charge in [-0.1, -0.05) is 0 Å². The summed E-state index contributed by atoms with van der Waals surface area (Å²) < 4.78 is 62.6. The molecule has 10 nitrogen and oxygen atoms in total. The van der Waals surface area contributed by atoms with Crippen LogP contribution in [0.2, 0.25) is 0 Å². The minimum atomic E-state index is -4.93. The number of nitrogens with zero attached hydrogens (tertiary/aromatic N) is 1. The number of ketones is 1. The van der Waals surface area contributed by atoms with Gasteiger partial charge in [-0.2, -0.15) is 13.2 Å². The van der Waals surface area contributed by atoms with Gasteiger partial charge in [0.2, 0.25) is 11.5 Å². The molecule has 0 bridgehead atoms. The number of nitrogens with one attached hydrogen (secondary N) is 2. The number of aromatic amines is 2. The van der Waals surface area contributed by atoms with Crippen molar-refractivity contribution in [2.75, 3.05) is 35.0 Å². The molecule has 1 saturated carbocycles. The molecule has 1 saturated heterocycles. The molecule has 39 heavy (non-hydrogen) atoms. The number of alkyl halides is 3.